The van der Waals surface area contributed by atoms with Gasteiger partial charge in [0, 0.05) is 0 Å². The van der Waals surface area contributed by atoms with Crippen LogP contribution < -0.4 is 4.18 Å². The highest BCUT2D eigenvalue weighted by molar-refractivity contribution is 7.87. The predicted octanol–water partition coefficient (Wildman–Crippen LogP) is 2.34. The summed E-state index contributed by atoms with van der Waals surface area (Å²) in [5, 5.41) is 0. The fourth-order valence-electron chi connectivity index (χ4n) is 1.53. The predicted molar refractivity (Wildman–Crippen MR) is 74.5 cm³/mol. The highest BCUT2D eigenvalue weighted by Gasteiger charge is 2.19. The van der Waals surface area contributed by atoms with Crippen molar-refractivity contribution in [3.05, 3.63) is 54.1 Å². The van der Waals surface area contributed by atoms with Crippen LogP contribution in [0.25, 0.3) is 0 Å². The Morgan fingerprint density at radius 1 is 1.05 bits per heavy atom. The van der Waals surface area contributed by atoms with Gasteiger partial charge in [0.1, 0.15) is 9.79 Å². The molecule has 5 nitrogen and oxygen atoms in total. The summed E-state index contributed by atoms with van der Waals surface area (Å²) in [5.41, 5.74) is 0.917. The van der Waals surface area contributed by atoms with Crippen LogP contribution in [-0.4, -0.2) is 17.2 Å². The lowest BCUT2D eigenvalue weighted by molar-refractivity contribution is 0.477. The van der Waals surface area contributed by atoms with Crippen molar-refractivity contribution >= 4 is 21.2 Å². The minimum atomic E-state index is -4.03. The molecule has 0 bridgehead atoms. The van der Waals surface area contributed by atoms with E-state index >= 15 is 0 Å². The zero-order valence-corrected chi connectivity index (χ0v) is 12.1. The minimum Gasteiger partial charge on any atom is -0.378 e. The molecule has 0 aliphatic heterocycles. The number of benzene rings is 2. The maximum atomic E-state index is 12.1. The van der Waals surface area contributed by atoms with Crippen molar-refractivity contribution in [3.63, 3.8) is 0 Å². The average Bonchev–Trinajstić information content (AvgIpc) is 2.39. The summed E-state index contributed by atoms with van der Waals surface area (Å²) in [4.78, 5) is -0.107. The van der Waals surface area contributed by atoms with E-state index in [0.29, 0.717) is 0 Å². The highest BCUT2D eigenvalue weighted by Crippen LogP contribution is 2.25. The molecule has 106 valence electrons. The largest absolute Gasteiger partial charge is 0.378 e. The van der Waals surface area contributed by atoms with Gasteiger partial charge in [-0.25, -0.2) is 4.21 Å². The number of rotatable bonds is 4. The van der Waals surface area contributed by atoms with Crippen LogP contribution in [0.2, 0.25) is 0 Å². The summed E-state index contributed by atoms with van der Waals surface area (Å²) in [7, 11) is -4.03. The zero-order chi connectivity index (χ0) is 14.8. The molecule has 2 aromatic carbocycles. The quantitative estimate of drug-likeness (QED) is 0.692. The van der Waals surface area contributed by atoms with Crippen molar-refractivity contribution in [2.75, 3.05) is 0 Å². The second-order valence-corrected chi connectivity index (χ2v) is 6.53. The fourth-order valence-corrected chi connectivity index (χ4v) is 3.01. The van der Waals surface area contributed by atoms with E-state index in [0.717, 1.165) is 5.56 Å². The summed E-state index contributed by atoms with van der Waals surface area (Å²) < 4.78 is 49.3. The molecule has 0 saturated heterocycles. The van der Waals surface area contributed by atoms with Crippen molar-refractivity contribution in [1.82, 2.24) is 0 Å². The molecule has 0 aliphatic rings. The first kappa shape index (κ1) is 14.7. The van der Waals surface area contributed by atoms with Crippen LogP contribution in [0.3, 0.4) is 0 Å². The highest BCUT2D eigenvalue weighted by atomic mass is 32.2. The van der Waals surface area contributed by atoms with Gasteiger partial charge in [-0.3, -0.25) is 0 Å². The van der Waals surface area contributed by atoms with Gasteiger partial charge in [0.2, 0.25) is 0 Å². The molecule has 7 heteroatoms. The van der Waals surface area contributed by atoms with Gasteiger partial charge in [-0.2, -0.15) is 8.42 Å². The standard InChI is InChI=1S/C13H12O5S2/c1-10-6-8-11(9-7-10)20(16,17)18-12-4-2-3-5-13(12)19(14)15/h2-9H,1H3,(H,14,15). The smallest absolute Gasteiger partial charge is 0.339 e. The van der Waals surface area contributed by atoms with Crippen molar-refractivity contribution in [3.8, 4) is 5.75 Å². The maximum Gasteiger partial charge on any atom is 0.339 e. The van der Waals surface area contributed by atoms with E-state index in [9.17, 15) is 12.6 Å². The molecule has 0 aliphatic carbocycles. The Labute approximate surface area is 119 Å². The molecule has 0 spiro atoms. The molecular weight excluding hydrogens is 300 g/mol. The molecule has 1 atom stereocenters. The average molecular weight is 312 g/mol. The van der Waals surface area contributed by atoms with Crippen LogP contribution in [0.1, 0.15) is 5.56 Å². The van der Waals surface area contributed by atoms with E-state index in [1.165, 1.54) is 36.4 Å². The Bertz CT molecular complexity index is 736. The molecule has 0 amide bonds. The zero-order valence-electron chi connectivity index (χ0n) is 10.5. The lowest BCUT2D eigenvalue weighted by Crippen LogP contribution is -2.11. The summed E-state index contributed by atoms with van der Waals surface area (Å²) in [6, 6.07) is 11.8. The van der Waals surface area contributed by atoms with Gasteiger partial charge in [0.25, 0.3) is 0 Å². The number of aryl methyl sites for hydroxylation is 1. The van der Waals surface area contributed by atoms with Crippen molar-refractivity contribution in [2.45, 2.75) is 16.7 Å². The number of hydrogen-bond acceptors (Lipinski definition) is 4. The van der Waals surface area contributed by atoms with E-state index in [-0.39, 0.29) is 15.5 Å². The summed E-state index contributed by atoms with van der Waals surface area (Å²) in [6.45, 7) is 1.83. The maximum absolute atomic E-state index is 12.1. The van der Waals surface area contributed by atoms with E-state index < -0.39 is 21.2 Å². The van der Waals surface area contributed by atoms with Gasteiger partial charge < -0.3 is 8.74 Å². The van der Waals surface area contributed by atoms with Crippen molar-refractivity contribution in [2.24, 2.45) is 0 Å². The first-order valence-corrected chi connectivity index (χ1v) is 8.13. The Morgan fingerprint density at radius 2 is 1.65 bits per heavy atom. The van der Waals surface area contributed by atoms with Gasteiger partial charge in [-0.05, 0) is 31.2 Å². The van der Waals surface area contributed by atoms with Gasteiger partial charge >= 0.3 is 10.1 Å². The van der Waals surface area contributed by atoms with E-state index in [2.05, 4.69) is 0 Å². The molecule has 0 fully saturated rings. The molecule has 1 unspecified atom stereocenters. The Morgan fingerprint density at radius 3 is 2.25 bits per heavy atom. The third kappa shape index (κ3) is 3.24. The Kier molecular flexibility index (Phi) is 4.22. The molecule has 0 radical (unpaired) electrons. The van der Waals surface area contributed by atoms with E-state index in [1.807, 2.05) is 6.92 Å². The molecule has 0 aromatic heterocycles. The first-order chi connectivity index (χ1) is 9.40. The summed E-state index contributed by atoms with van der Waals surface area (Å²) >= 11 is -2.32. The van der Waals surface area contributed by atoms with E-state index in [4.69, 9.17) is 8.74 Å². The third-order valence-corrected chi connectivity index (χ3v) is 4.51. The summed E-state index contributed by atoms with van der Waals surface area (Å²) in [6.07, 6.45) is 0. The third-order valence-electron chi connectivity index (χ3n) is 2.55. The van der Waals surface area contributed by atoms with E-state index in [1.54, 1.807) is 12.1 Å². The van der Waals surface area contributed by atoms with Crippen molar-refractivity contribution in [1.29, 1.82) is 0 Å². The second-order valence-electron chi connectivity index (χ2n) is 4.05. The molecule has 0 heterocycles. The second kappa shape index (κ2) is 5.74. The van der Waals surface area contributed by atoms with Crippen molar-refractivity contribution < 1.29 is 21.4 Å². The molecule has 20 heavy (non-hydrogen) atoms. The molecular formula is C13H12O5S2. The van der Waals surface area contributed by atoms with Crippen LogP contribution in [0.15, 0.2) is 58.3 Å². The Hall–Kier alpha value is -1.70. The lowest BCUT2D eigenvalue weighted by Gasteiger charge is -2.09. The molecule has 0 saturated carbocycles. The number of para-hydroxylation sites is 1. The van der Waals surface area contributed by atoms with Crippen LogP contribution >= 0.6 is 0 Å². The normalized spacial score (nSPS) is 12.9. The lowest BCUT2D eigenvalue weighted by atomic mass is 10.2. The minimum absolute atomic E-state index is 0.0124. The van der Waals surface area contributed by atoms with Gasteiger partial charge in [0.05, 0.1) is 0 Å². The first-order valence-electron chi connectivity index (χ1n) is 5.61. The fraction of sp³-hybridized carbons (Fsp3) is 0.0769. The topological polar surface area (TPSA) is 80.7 Å². The van der Waals surface area contributed by atoms with Crippen LogP contribution in [0, 0.1) is 6.92 Å². The van der Waals surface area contributed by atoms with Gasteiger partial charge in [0.15, 0.2) is 16.8 Å². The van der Waals surface area contributed by atoms with Gasteiger partial charge in [-0.1, -0.05) is 29.8 Å². The summed E-state index contributed by atoms with van der Waals surface area (Å²) in [5.74, 6) is -0.158. The monoisotopic (exact) mass is 312 g/mol. The SMILES string of the molecule is Cc1ccc(S(=O)(=O)Oc2ccccc2S(=O)O)cc1. The van der Waals surface area contributed by atoms with Crippen LogP contribution in [-0.2, 0) is 21.2 Å². The van der Waals surface area contributed by atoms with Crippen LogP contribution in [0.5, 0.6) is 5.75 Å². The number of hydrogen-bond donors (Lipinski definition) is 1. The van der Waals surface area contributed by atoms with Crippen LogP contribution in [0.4, 0.5) is 0 Å². The molecule has 1 N–H and O–H groups in total. The molecule has 2 aromatic rings. The molecule has 2 rings (SSSR count). The Balaban J connectivity index is 2.38. The van der Waals surface area contributed by atoms with Gasteiger partial charge in [-0.15, -0.1) is 0 Å².